The standard InChI is InChI=1S/C18H20ClNO/c1-4-17(16-9-8-12(2)10-13(16)3)20-18(21)14-6-5-7-15(19)11-14/h5-11,17H,4H2,1-3H3,(H,20,21). The average molecular weight is 302 g/mol. The molecule has 1 amide bonds. The first-order chi connectivity index (χ1) is 10.0. The van der Waals surface area contributed by atoms with Gasteiger partial charge in [-0.1, -0.05) is 48.4 Å². The Morgan fingerprint density at radius 2 is 1.95 bits per heavy atom. The maximum absolute atomic E-state index is 12.3. The monoisotopic (exact) mass is 301 g/mol. The summed E-state index contributed by atoms with van der Waals surface area (Å²) >= 11 is 5.94. The second-order valence-electron chi connectivity index (χ2n) is 5.30. The fourth-order valence-corrected chi connectivity index (χ4v) is 2.68. The van der Waals surface area contributed by atoms with Gasteiger partial charge in [0.05, 0.1) is 6.04 Å². The Morgan fingerprint density at radius 3 is 2.57 bits per heavy atom. The number of amides is 1. The van der Waals surface area contributed by atoms with Gasteiger partial charge >= 0.3 is 0 Å². The van der Waals surface area contributed by atoms with Gasteiger partial charge in [-0.25, -0.2) is 0 Å². The first kappa shape index (κ1) is 15.6. The van der Waals surface area contributed by atoms with Crippen molar-refractivity contribution in [3.63, 3.8) is 0 Å². The number of halogens is 1. The molecule has 0 fully saturated rings. The highest BCUT2D eigenvalue weighted by Gasteiger charge is 2.16. The van der Waals surface area contributed by atoms with Gasteiger partial charge in [-0.15, -0.1) is 0 Å². The van der Waals surface area contributed by atoms with E-state index in [2.05, 4.69) is 44.3 Å². The predicted molar refractivity (Wildman–Crippen MR) is 87.9 cm³/mol. The van der Waals surface area contributed by atoms with Gasteiger partial charge in [0, 0.05) is 10.6 Å². The Hall–Kier alpha value is -1.80. The second-order valence-corrected chi connectivity index (χ2v) is 5.74. The van der Waals surface area contributed by atoms with Gasteiger partial charge in [-0.2, -0.15) is 0 Å². The fourth-order valence-electron chi connectivity index (χ4n) is 2.49. The molecular weight excluding hydrogens is 282 g/mol. The van der Waals surface area contributed by atoms with Crippen molar-refractivity contribution in [3.8, 4) is 0 Å². The van der Waals surface area contributed by atoms with Gasteiger partial charge in [-0.05, 0) is 49.6 Å². The number of aryl methyl sites for hydroxylation is 2. The van der Waals surface area contributed by atoms with Crippen molar-refractivity contribution in [2.75, 3.05) is 0 Å². The van der Waals surface area contributed by atoms with Gasteiger partial charge < -0.3 is 5.32 Å². The first-order valence-corrected chi connectivity index (χ1v) is 7.52. The molecule has 2 rings (SSSR count). The van der Waals surface area contributed by atoms with Crippen LogP contribution in [0.3, 0.4) is 0 Å². The molecule has 0 aliphatic carbocycles. The van der Waals surface area contributed by atoms with Crippen LogP contribution < -0.4 is 5.32 Å². The van der Waals surface area contributed by atoms with E-state index in [-0.39, 0.29) is 11.9 Å². The van der Waals surface area contributed by atoms with Gasteiger partial charge in [0.15, 0.2) is 0 Å². The zero-order chi connectivity index (χ0) is 15.4. The first-order valence-electron chi connectivity index (χ1n) is 7.15. The summed E-state index contributed by atoms with van der Waals surface area (Å²) in [5.41, 5.74) is 4.18. The Kier molecular flexibility index (Phi) is 5.03. The molecule has 0 aliphatic heterocycles. The minimum atomic E-state index is -0.0932. The number of nitrogens with one attached hydrogen (secondary N) is 1. The van der Waals surface area contributed by atoms with E-state index >= 15 is 0 Å². The highest BCUT2D eigenvalue weighted by molar-refractivity contribution is 6.30. The largest absolute Gasteiger partial charge is 0.345 e. The second kappa shape index (κ2) is 6.77. The molecule has 0 saturated carbocycles. The van der Waals surface area contributed by atoms with Crippen molar-refractivity contribution in [1.29, 1.82) is 0 Å². The fraction of sp³-hybridized carbons (Fsp3) is 0.278. The topological polar surface area (TPSA) is 29.1 Å². The van der Waals surface area contributed by atoms with Crippen LogP contribution >= 0.6 is 11.6 Å². The molecule has 2 aromatic rings. The highest BCUT2D eigenvalue weighted by atomic mass is 35.5. The van der Waals surface area contributed by atoms with Crippen molar-refractivity contribution >= 4 is 17.5 Å². The summed E-state index contributed by atoms with van der Waals surface area (Å²) in [4.78, 5) is 12.3. The zero-order valence-corrected chi connectivity index (χ0v) is 13.4. The van der Waals surface area contributed by atoms with Crippen LogP contribution in [0.4, 0.5) is 0 Å². The lowest BCUT2D eigenvalue weighted by atomic mass is 9.97. The summed E-state index contributed by atoms with van der Waals surface area (Å²) in [5.74, 6) is -0.0932. The van der Waals surface area contributed by atoms with Gasteiger partial charge in [-0.3, -0.25) is 4.79 Å². The Morgan fingerprint density at radius 1 is 1.19 bits per heavy atom. The van der Waals surface area contributed by atoms with Crippen LogP contribution in [0.15, 0.2) is 42.5 Å². The molecule has 0 radical (unpaired) electrons. The highest BCUT2D eigenvalue weighted by Crippen LogP contribution is 2.22. The molecule has 0 aromatic heterocycles. The quantitative estimate of drug-likeness (QED) is 0.860. The minimum Gasteiger partial charge on any atom is -0.345 e. The van der Waals surface area contributed by atoms with Crippen molar-refractivity contribution in [2.24, 2.45) is 0 Å². The third-order valence-electron chi connectivity index (χ3n) is 3.60. The molecule has 0 aliphatic rings. The van der Waals surface area contributed by atoms with E-state index in [0.29, 0.717) is 10.6 Å². The third kappa shape index (κ3) is 3.85. The molecule has 0 spiro atoms. The normalized spacial score (nSPS) is 12.0. The lowest BCUT2D eigenvalue weighted by Gasteiger charge is -2.20. The number of carbonyl (C=O) groups excluding carboxylic acids is 1. The summed E-state index contributed by atoms with van der Waals surface area (Å²) in [5, 5.41) is 3.66. The average Bonchev–Trinajstić information content (AvgIpc) is 2.45. The number of benzene rings is 2. The van der Waals surface area contributed by atoms with Crippen molar-refractivity contribution in [1.82, 2.24) is 5.32 Å². The Labute approximate surface area is 131 Å². The van der Waals surface area contributed by atoms with Crippen LogP contribution in [0, 0.1) is 13.8 Å². The minimum absolute atomic E-state index is 0.0112. The van der Waals surface area contributed by atoms with Gasteiger partial charge in [0.25, 0.3) is 5.91 Å². The molecular formula is C18H20ClNO. The predicted octanol–water partition coefficient (Wildman–Crippen LogP) is 4.84. The van der Waals surface area contributed by atoms with E-state index in [0.717, 1.165) is 6.42 Å². The molecule has 1 N–H and O–H groups in total. The third-order valence-corrected chi connectivity index (χ3v) is 3.84. The Balaban J connectivity index is 2.21. The maximum atomic E-state index is 12.3. The Bertz CT molecular complexity index is 651. The zero-order valence-electron chi connectivity index (χ0n) is 12.6. The van der Waals surface area contributed by atoms with E-state index in [4.69, 9.17) is 11.6 Å². The summed E-state index contributed by atoms with van der Waals surface area (Å²) in [7, 11) is 0. The molecule has 1 unspecified atom stereocenters. The molecule has 0 heterocycles. The van der Waals surface area contributed by atoms with Gasteiger partial charge in [0.1, 0.15) is 0 Å². The molecule has 21 heavy (non-hydrogen) atoms. The lowest BCUT2D eigenvalue weighted by molar-refractivity contribution is 0.0935. The van der Waals surface area contributed by atoms with Crippen molar-refractivity contribution < 1.29 is 4.79 Å². The van der Waals surface area contributed by atoms with E-state index in [1.165, 1.54) is 16.7 Å². The van der Waals surface area contributed by atoms with Gasteiger partial charge in [0.2, 0.25) is 0 Å². The number of rotatable bonds is 4. The summed E-state index contributed by atoms with van der Waals surface area (Å²) in [6.45, 7) is 6.22. The van der Waals surface area contributed by atoms with E-state index in [9.17, 15) is 4.79 Å². The van der Waals surface area contributed by atoms with Crippen LogP contribution in [0.25, 0.3) is 0 Å². The van der Waals surface area contributed by atoms with Crippen molar-refractivity contribution in [3.05, 3.63) is 69.7 Å². The van der Waals surface area contributed by atoms with Crippen LogP contribution in [0.2, 0.25) is 5.02 Å². The SMILES string of the molecule is CCC(NC(=O)c1cccc(Cl)c1)c1ccc(C)cc1C. The smallest absolute Gasteiger partial charge is 0.251 e. The summed E-state index contributed by atoms with van der Waals surface area (Å²) in [6.07, 6.45) is 0.843. The molecule has 1 atom stereocenters. The molecule has 0 bridgehead atoms. The molecule has 3 heteroatoms. The molecule has 2 nitrogen and oxygen atoms in total. The molecule has 0 saturated heterocycles. The van der Waals surface area contributed by atoms with E-state index in [1.54, 1.807) is 24.3 Å². The van der Waals surface area contributed by atoms with Crippen molar-refractivity contribution in [2.45, 2.75) is 33.2 Å². The van der Waals surface area contributed by atoms with E-state index in [1.807, 2.05) is 0 Å². The maximum Gasteiger partial charge on any atom is 0.251 e. The van der Waals surface area contributed by atoms with Crippen LogP contribution in [-0.4, -0.2) is 5.91 Å². The number of hydrogen-bond donors (Lipinski definition) is 1. The molecule has 2 aromatic carbocycles. The van der Waals surface area contributed by atoms with Crippen LogP contribution in [-0.2, 0) is 0 Å². The number of hydrogen-bond acceptors (Lipinski definition) is 1. The summed E-state index contributed by atoms with van der Waals surface area (Å²) < 4.78 is 0. The van der Waals surface area contributed by atoms with E-state index < -0.39 is 0 Å². The summed E-state index contributed by atoms with van der Waals surface area (Å²) in [6, 6.07) is 13.3. The molecule has 110 valence electrons. The van der Waals surface area contributed by atoms with Crippen LogP contribution in [0.1, 0.15) is 46.4 Å². The lowest BCUT2D eigenvalue weighted by Crippen LogP contribution is -2.28. The van der Waals surface area contributed by atoms with Crippen LogP contribution in [0.5, 0.6) is 0 Å². The number of carbonyl (C=O) groups is 1.